The molecule has 0 fully saturated rings. The maximum Gasteiger partial charge on any atom is 0.310 e. The monoisotopic (exact) mass is 405 g/mol. The summed E-state index contributed by atoms with van der Waals surface area (Å²) < 4.78 is 2.33. The minimum Gasteiger partial charge on any atom is -0.345 e. The van der Waals surface area contributed by atoms with Crippen molar-refractivity contribution in [3.05, 3.63) is 57.8 Å². The number of benzene rings is 1. The predicted octanol–water partition coefficient (Wildman–Crippen LogP) is 2.73. The Kier molecular flexibility index (Phi) is 5.47. The summed E-state index contributed by atoms with van der Waals surface area (Å²) in [5.41, 5.74) is 6.01. The zero-order valence-corrected chi connectivity index (χ0v) is 16.1. The maximum absolute atomic E-state index is 12.1. The van der Waals surface area contributed by atoms with E-state index in [0.29, 0.717) is 5.69 Å². The van der Waals surface area contributed by atoms with Gasteiger partial charge in [0.05, 0.1) is 0 Å². The molecule has 0 aliphatic carbocycles. The average Bonchev–Trinajstić information content (AvgIpc) is 2.89. The minimum absolute atomic E-state index is 0.0405. The van der Waals surface area contributed by atoms with Gasteiger partial charge in [-0.1, -0.05) is 45.0 Å². The van der Waals surface area contributed by atoms with Crippen LogP contribution < -0.4 is 10.9 Å². The second-order valence-electron chi connectivity index (χ2n) is 6.72. The van der Waals surface area contributed by atoms with Crippen LogP contribution in [0.25, 0.3) is 0 Å². The van der Waals surface area contributed by atoms with Crippen molar-refractivity contribution in [3.8, 4) is 0 Å². The highest BCUT2D eigenvalue weighted by molar-refractivity contribution is 9.10. The molecule has 1 aromatic carbocycles. The number of ketones is 1. The Hall–Kier alpha value is -2.41. The van der Waals surface area contributed by atoms with Crippen LogP contribution in [0.3, 0.4) is 0 Å². The second-order valence-corrected chi connectivity index (χ2v) is 7.63. The molecule has 2 N–H and O–H groups in total. The van der Waals surface area contributed by atoms with Gasteiger partial charge in [-0.2, -0.15) is 0 Å². The first-order valence-electron chi connectivity index (χ1n) is 7.67. The third-order valence-corrected chi connectivity index (χ3v) is 4.15. The van der Waals surface area contributed by atoms with Crippen molar-refractivity contribution in [3.63, 3.8) is 0 Å². The van der Waals surface area contributed by atoms with Gasteiger partial charge in [-0.25, -0.2) is 0 Å². The number of carbonyl (C=O) groups is 3. The Labute approximate surface area is 154 Å². The van der Waals surface area contributed by atoms with Gasteiger partial charge in [-0.05, 0) is 33.0 Å². The van der Waals surface area contributed by atoms with E-state index in [4.69, 9.17) is 0 Å². The summed E-state index contributed by atoms with van der Waals surface area (Å²) in [4.78, 5) is 36.1. The highest BCUT2D eigenvalue weighted by Gasteiger charge is 2.19. The van der Waals surface area contributed by atoms with Crippen molar-refractivity contribution in [2.75, 3.05) is 0 Å². The van der Waals surface area contributed by atoms with E-state index >= 15 is 0 Å². The van der Waals surface area contributed by atoms with Gasteiger partial charge in [-0.15, -0.1) is 0 Å². The Morgan fingerprint density at radius 1 is 1.04 bits per heavy atom. The highest BCUT2D eigenvalue weighted by atomic mass is 79.9. The number of hydrazine groups is 1. The Balaban J connectivity index is 2.00. The van der Waals surface area contributed by atoms with E-state index in [1.165, 1.54) is 0 Å². The Bertz CT molecular complexity index is 817. The van der Waals surface area contributed by atoms with Crippen molar-refractivity contribution in [2.45, 2.75) is 26.2 Å². The molecule has 25 heavy (non-hydrogen) atoms. The predicted molar refractivity (Wildman–Crippen MR) is 98.2 cm³/mol. The maximum atomic E-state index is 12.1. The fraction of sp³-hybridized carbons (Fsp3) is 0.278. The number of carbonyl (C=O) groups excluding carboxylic acids is 3. The second kappa shape index (κ2) is 7.23. The van der Waals surface area contributed by atoms with Crippen LogP contribution in [0, 0.1) is 0 Å². The standard InChI is InChI=1S/C18H20BrN3O3/c1-18(2,3)12-7-5-11(6-8-12)15(23)17(25)21-20-16(24)14-9-13(19)10-22(14)4/h5-10H,1-4H3,(H,20,24)(H,21,25). The van der Waals surface area contributed by atoms with Crippen molar-refractivity contribution >= 4 is 33.5 Å². The molecule has 0 saturated heterocycles. The van der Waals surface area contributed by atoms with Gasteiger partial charge in [-0.3, -0.25) is 25.2 Å². The largest absolute Gasteiger partial charge is 0.345 e. The lowest BCUT2D eigenvalue weighted by Gasteiger charge is -2.18. The van der Waals surface area contributed by atoms with Crippen LogP contribution in [0.4, 0.5) is 0 Å². The first-order valence-corrected chi connectivity index (χ1v) is 8.46. The summed E-state index contributed by atoms with van der Waals surface area (Å²) in [6.45, 7) is 6.19. The normalized spacial score (nSPS) is 11.1. The van der Waals surface area contributed by atoms with Gasteiger partial charge in [0.2, 0.25) is 0 Å². The van der Waals surface area contributed by atoms with Gasteiger partial charge in [0, 0.05) is 23.3 Å². The molecular formula is C18H20BrN3O3. The molecule has 0 unspecified atom stereocenters. The van der Waals surface area contributed by atoms with Crippen molar-refractivity contribution < 1.29 is 14.4 Å². The Morgan fingerprint density at radius 3 is 2.12 bits per heavy atom. The summed E-state index contributed by atoms with van der Waals surface area (Å²) in [6, 6.07) is 8.47. The minimum atomic E-state index is -0.898. The number of hydrogen-bond acceptors (Lipinski definition) is 3. The molecule has 0 spiro atoms. The molecule has 2 aromatic rings. The van der Waals surface area contributed by atoms with Crippen molar-refractivity contribution in [2.24, 2.45) is 7.05 Å². The summed E-state index contributed by atoms with van der Waals surface area (Å²) in [5.74, 6) is -2.13. The van der Waals surface area contributed by atoms with Crippen LogP contribution in [0.2, 0.25) is 0 Å². The van der Waals surface area contributed by atoms with Gasteiger partial charge in [0.15, 0.2) is 0 Å². The van der Waals surface area contributed by atoms with Gasteiger partial charge in [0.1, 0.15) is 5.69 Å². The van der Waals surface area contributed by atoms with Gasteiger partial charge >= 0.3 is 5.91 Å². The first-order chi connectivity index (χ1) is 11.6. The van der Waals surface area contributed by atoms with Crippen LogP contribution >= 0.6 is 15.9 Å². The molecule has 0 aliphatic rings. The lowest BCUT2D eigenvalue weighted by molar-refractivity contribution is -0.117. The van der Waals surface area contributed by atoms with E-state index in [9.17, 15) is 14.4 Å². The average molecular weight is 406 g/mol. The summed E-state index contributed by atoms with van der Waals surface area (Å²) in [5, 5.41) is 0. The molecule has 0 aliphatic heterocycles. The fourth-order valence-corrected chi connectivity index (χ4v) is 2.76. The summed E-state index contributed by atoms with van der Waals surface area (Å²) >= 11 is 3.26. The fourth-order valence-electron chi connectivity index (χ4n) is 2.24. The molecule has 7 heteroatoms. The first kappa shape index (κ1) is 18.9. The van der Waals surface area contributed by atoms with E-state index in [0.717, 1.165) is 10.0 Å². The third-order valence-electron chi connectivity index (χ3n) is 3.71. The summed E-state index contributed by atoms with van der Waals surface area (Å²) in [6.07, 6.45) is 1.71. The number of amides is 2. The number of nitrogens with one attached hydrogen (secondary N) is 2. The summed E-state index contributed by atoms with van der Waals surface area (Å²) in [7, 11) is 1.70. The van der Waals surface area contributed by atoms with E-state index < -0.39 is 17.6 Å². The van der Waals surface area contributed by atoms with Gasteiger partial charge < -0.3 is 4.57 Å². The van der Waals surface area contributed by atoms with Crippen LogP contribution in [-0.2, 0) is 17.3 Å². The molecule has 6 nitrogen and oxygen atoms in total. The number of aromatic nitrogens is 1. The van der Waals surface area contributed by atoms with E-state index in [1.54, 1.807) is 36.0 Å². The van der Waals surface area contributed by atoms with Crippen LogP contribution in [0.1, 0.15) is 47.2 Å². The zero-order valence-electron chi connectivity index (χ0n) is 14.5. The molecule has 132 valence electrons. The number of halogens is 1. The zero-order chi connectivity index (χ0) is 18.8. The highest BCUT2D eigenvalue weighted by Crippen LogP contribution is 2.22. The van der Waals surface area contributed by atoms with Gasteiger partial charge in [0.25, 0.3) is 11.7 Å². The molecule has 0 atom stereocenters. The van der Waals surface area contributed by atoms with Crippen molar-refractivity contribution in [1.29, 1.82) is 0 Å². The number of Topliss-reactive ketones (excluding diaryl/α,β-unsaturated/α-hetero) is 1. The van der Waals surface area contributed by atoms with E-state index in [2.05, 4.69) is 47.6 Å². The topological polar surface area (TPSA) is 80.2 Å². The molecule has 1 heterocycles. The molecule has 2 rings (SSSR count). The van der Waals surface area contributed by atoms with E-state index in [-0.39, 0.29) is 11.0 Å². The Morgan fingerprint density at radius 2 is 1.64 bits per heavy atom. The lowest BCUT2D eigenvalue weighted by Crippen LogP contribution is -2.45. The van der Waals surface area contributed by atoms with Crippen LogP contribution in [0.5, 0.6) is 0 Å². The molecular weight excluding hydrogens is 386 g/mol. The SMILES string of the molecule is Cn1cc(Br)cc1C(=O)NNC(=O)C(=O)c1ccc(C(C)(C)C)cc1. The molecule has 1 aromatic heterocycles. The van der Waals surface area contributed by atoms with Crippen LogP contribution in [0.15, 0.2) is 41.0 Å². The number of hydrogen-bond donors (Lipinski definition) is 2. The van der Waals surface area contributed by atoms with Crippen LogP contribution in [-0.4, -0.2) is 22.2 Å². The lowest BCUT2D eigenvalue weighted by atomic mass is 9.86. The van der Waals surface area contributed by atoms with Crippen molar-refractivity contribution in [1.82, 2.24) is 15.4 Å². The third kappa shape index (κ3) is 4.57. The quantitative estimate of drug-likeness (QED) is 0.467. The van der Waals surface area contributed by atoms with E-state index in [1.807, 2.05) is 12.1 Å². The molecule has 2 amide bonds. The number of aryl methyl sites for hydroxylation is 1. The molecule has 0 bridgehead atoms. The number of rotatable bonds is 3. The molecule has 0 saturated carbocycles. The smallest absolute Gasteiger partial charge is 0.310 e. The number of nitrogens with zero attached hydrogens (tertiary/aromatic N) is 1. The molecule has 0 radical (unpaired) electrons.